The largest absolute Gasteiger partial charge is 0.453 e. The van der Waals surface area contributed by atoms with Crippen molar-refractivity contribution in [3.8, 4) is 22.4 Å². The smallest absolute Gasteiger partial charge is 0.411 e. The fourth-order valence-corrected chi connectivity index (χ4v) is 8.75. The molecule has 12 nitrogen and oxygen atoms in total. The molecule has 3 aromatic carbocycles. The Morgan fingerprint density at radius 3 is 2.43 bits per heavy atom. The number of piperidine rings is 1. The van der Waals surface area contributed by atoms with Crippen LogP contribution < -0.4 is 5.32 Å². The molecule has 0 radical (unpaired) electrons. The van der Waals surface area contributed by atoms with Gasteiger partial charge in [-0.2, -0.15) is 0 Å². The van der Waals surface area contributed by atoms with Gasteiger partial charge in [-0.3, -0.25) is 9.69 Å². The highest BCUT2D eigenvalue weighted by Gasteiger charge is 2.51. The molecule has 1 saturated carbocycles. The zero-order valence-electron chi connectivity index (χ0n) is 31.8. The Bertz CT molecular complexity index is 2220. The number of hydrogen-bond acceptors (Lipinski definition) is 7. The van der Waals surface area contributed by atoms with Gasteiger partial charge in [-0.25, -0.2) is 19.6 Å². The lowest BCUT2D eigenvalue weighted by atomic mass is 9.98. The first kappa shape index (κ1) is 35.6. The summed E-state index contributed by atoms with van der Waals surface area (Å²) in [6, 6.07) is 18.2. The quantitative estimate of drug-likeness (QED) is 0.153. The molecule has 2 aromatic heterocycles. The van der Waals surface area contributed by atoms with Crippen LogP contribution in [-0.2, 0) is 14.3 Å². The van der Waals surface area contributed by atoms with E-state index in [2.05, 4.69) is 63.8 Å². The maximum atomic E-state index is 13.7. The number of carbonyl (C=O) groups is 3. The van der Waals surface area contributed by atoms with Crippen LogP contribution in [-0.4, -0.2) is 79.2 Å². The molecule has 1 aliphatic carbocycles. The Morgan fingerprint density at radius 1 is 0.926 bits per heavy atom. The average molecular weight is 732 g/mol. The third-order valence-corrected chi connectivity index (χ3v) is 11.3. The summed E-state index contributed by atoms with van der Waals surface area (Å²) >= 11 is 0. The molecular weight excluding hydrogens is 683 g/mol. The topological polar surface area (TPSA) is 146 Å². The van der Waals surface area contributed by atoms with Gasteiger partial charge in [0, 0.05) is 18.0 Å². The van der Waals surface area contributed by atoms with Gasteiger partial charge in [-0.15, -0.1) is 0 Å². The molecule has 54 heavy (non-hydrogen) atoms. The number of methoxy groups -OCH3 is 1. The highest BCUT2D eigenvalue weighted by atomic mass is 16.6. The molecule has 2 bridgehead atoms. The van der Waals surface area contributed by atoms with E-state index in [1.807, 2.05) is 56.7 Å². The van der Waals surface area contributed by atoms with Crippen LogP contribution in [0.1, 0.15) is 90.5 Å². The van der Waals surface area contributed by atoms with E-state index >= 15 is 0 Å². The minimum absolute atomic E-state index is 0.100. The summed E-state index contributed by atoms with van der Waals surface area (Å²) in [5.41, 5.74) is 5.37. The average Bonchev–Trinajstić information content (AvgIpc) is 4.00. The van der Waals surface area contributed by atoms with Crippen LogP contribution in [0.15, 0.2) is 60.8 Å². The normalized spacial score (nSPS) is 21.7. The molecule has 3 N–H and O–H groups in total. The highest BCUT2D eigenvalue weighted by molar-refractivity contribution is 6.05. The predicted octanol–water partition coefficient (Wildman–Crippen LogP) is 8.28. The highest BCUT2D eigenvalue weighted by Crippen LogP contribution is 2.50. The first-order chi connectivity index (χ1) is 25.9. The summed E-state index contributed by atoms with van der Waals surface area (Å²) in [6.45, 7) is 10.1. The molecule has 2 aliphatic heterocycles. The second-order valence-electron chi connectivity index (χ2n) is 16.4. The molecule has 12 heteroatoms. The van der Waals surface area contributed by atoms with Crippen LogP contribution in [0.25, 0.3) is 44.2 Å². The Hall–Kier alpha value is -5.39. The summed E-state index contributed by atoms with van der Waals surface area (Å²) in [5.74, 6) is 1.72. The number of hydrogen-bond donors (Lipinski definition) is 3. The number of aromatic amines is 2. The van der Waals surface area contributed by atoms with Crippen molar-refractivity contribution in [2.24, 2.45) is 11.8 Å². The Balaban J connectivity index is 1.00. The number of benzene rings is 3. The molecule has 5 atom stereocenters. The van der Waals surface area contributed by atoms with Gasteiger partial charge in [0.15, 0.2) is 0 Å². The Labute approximate surface area is 315 Å². The van der Waals surface area contributed by atoms with Gasteiger partial charge in [0.05, 0.1) is 42.1 Å². The second-order valence-corrected chi connectivity index (χ2v) is 16.4. The van der Waals surface area contributed by atoms with Gasteiger partial charge in [0.25, 0.3) is 0 Å². The lowest BCUT2D eigenvalue weighted by molar-refractivity contribution is -0.135. The van der Waals surface area contributed by atoms with Crippen molar-refractivity contribution in [3.63, 3.8) is 0 Å². The molecule has 282 valence electrons. The Kier molecular flexibility index (Phi) is 9.10. The van der Waals surface area contributed by atoms with E-state index in [-0.39, 0.29) is 36.0 Å². The van der Waals surface area contributed by atoms with Gasteiger partial charge in [-0.05, 0) is 98.9 Å². The van der Waals surface area contributed by atoms with E-state index in [0.29, 0.717) is 12.5 Å². The summed E-state index contributed by atoms with van der Waals surface area (Å²) in [7, 11) is 1.30. The third kappa shape index (κ3) is 6.56. The van der Waals surface area contributed by atoms with Crippen molar-refractivity contribution < 1.29 is 23.9 Å². The number of likely N-dealkylation sites (tertiary alicyclic amines) is 2. The van der Waals surface area contributed by atoms with Crippen molar-refractivity contribution in [1.29, 1.82) is 0 Å². The number of H-pyrrole nitrogens is 2. The SMILES string of the molecule is COC(=O)N[C@H](C(=O)N1CCC[C@H]1c1nc2ccc3cc(-c4ccc(-c5cnc(C6C7CCC(C7)N6C(=O)OC(C)(C)C)[nH]5)cc4)ccc3c2[nH]1)C(C)C. The van der Waals surface area contributed by atoms with E-state index < -0.39 is 17.7 Å². The van der Waals surface area contributed by atoms with E-state index in [4.69, 9.17) is 19.4 Å². The zero-order valence-corrected chi connectivity index (χ0v) is 31.8. The number of nitrogens with one attached hydrogen (secondary N) is 3. The number of carbonyl (C=O) groups excluding carboxylic acids is 3. The van der Waals surface area contributed by atoms with Crippen molar-refractivity contribution in [3.05, 3.63) is 72.4 Å². The number of aromatic nitrogens is 4. The molecular formula is C42H49N7O5. The standard InChI is InChI=1S/C42H49N7O5/c1-23(2)34(47-40(51)53-6)39(50)48-19-7-8-33(48)37-44-31-18-15-27-20-26(14-17-30(27)35(31)46-37)24-9-11-25(12-10-24)32-22-43-38(45-32)36-28-13-16-29(21-28)49(36)41(52)54-42(3,4)5/h9-12,14-15,17-18,20,22-23,28-29,33-34,36H,7-8,13,16,19,21H2,1-6H3,(H,43,45)(H,44,46)(H,47,51)/t28?,29?,33-,34-,36?/m0/s1. The number of rotatable bonds is 7. The first-order valence-electron chi connectivity index (χ1n) is 19.1. The van der Waals surface area contributed by atoms with Crippen LogP contribution in [0.2, 0.25) is 0 Å². The van der Waals surface area contributed by atoms with Gasteiger partial charge in [0.2, 0.25) is 5.91 Å². The molecule has 3 fully saturated rings. The molecule has 3 aliphatic rings. The monoisotopic (exact) mass is 731 g/mol. The van der Waals surface area contributed by atoms with Crippen molar-refractivity contribution in [1.82, 2.24) is 35.1 Å². The van der Waals surface area contributed by atoms with Gasteiger partial charge < -0.3 is 29.7 Å². The maximum absolute atomic E-state index is 13.7. The number of imidazole rings is 2. The number of fused-ring (bicyclic) bond motifs is 5. The van der Waals surface area contributed by atoms with Crippen molar-refractivity contribution >= 4 is 39.9 Å². The number of alkyl carbamates (subject to hydrolysis) is 1. The summed E-state index contributed by atoms with van der Waals surface area (Å²) in [6.07, 6.45) is 5.73. The van der Waals surface area contributed by atoms with E-state index in [1.54, 1.807) is 0 Å². The summed E-state index contributed by atoms with van der Waals surface area (Å²) in [4.78, 5) is 59.5. The molecule has 3 unspecified atom stereocenters. The second kappa shape index (κ2) is 13.8. The van der Waals surface area contributed by atoms with Crippen molar-refractivity contribution in [2.45, 2.75) is 96.5 Å². The molecule has 8 rings (SSSR count). The first-order valence-corrected chi connectivity index (χ1v) is 19.1. The molecule has 3 amide bonds. The number of amides is 3. The van der Waals surface area contributed by atoms with E-state index in [0.717, 1.165) is 87.9 Å². The predicted molar refractivity (Wildman–Crippen MR) is 206 cm³/mol. The Morgan fingerprint density at radius 2 is 1.69 bits per heavy atom. The van der Waals surface area contributed by atoms with Gasteiger partial charge in [0.1, 0.15) is 23.3 Å². The summed E-state index contributed by atoms with van der Waals surface area (Å²) < 4.78 is 10.6. The minimum atomic E-state index is -0.684. The lowest BCUT2D eigenvalue weighted by Crippen LogP contribution is -2.51. The van der Waals surface area contributed by atoms with Crippen LogP contribution in [0, 0.1) is 11.8 Å². The minimum Gasteiger partial charge on any atom is -0.453 e. The van der Waals surface area contributed by atoms with Crippen LogP contribution in [0.4, 0.5) is 9.59 Å². The van der Waals surface area contributed by atoms with E-state index in [1.165, 1.54) is 7.11 Å². The van der Waals surface area contributed by atoms with Crippen molar-refractivity contribution in [2.75, 3.05) is 13.7 Å². The fraction of sp³-hybridized carbons (Fsp3) is 0.452. The third-order valence-electron chi connectivity index (χ3n) is 11.3. The lowest BCUT2D eigenvalue weighted by Gasteiger charge is -2.35. The van der Waals surface area contributed by atoms with Crippen LogP contribution in [0.5, 0.6) is 0 Å². The fourth-order valence-electron chi connectivity index (χ4n) is 8.75. The number of nitrogens with zero attached hydrogens (tertiary/aromatic N) is 4. The maximum Gasteiger partial charge on any atom is 0.411 e. The number of ether oxygens (including phenoxy) is 2. The van der Waals surface area contributed by atoms with Crippen LogP contribution >= 0.6 is 0 Å². The molecule has 5 aromatic rings. The van der Waals surface area contributed by atoms with Gasteiger partial charge in [-0.1, -0.05) is 56.3 Å². The molecule has 2 saturated heterocycles. The van der Waals surface area contributed by atoms with E-state index in [9.17, 15) is 14.4 Å². The molecule has 0 spiro atoms. The summed E-state index contributed by atoms with van der Waals surface area (Å²) in [5, 5.41) is 4.86. The van der Waals surface area contributed by atoms with Crippen LogP contribution in [0.3, 0.4) is 0 Å². The zero-order chi connectivity index (χ0) is 37.9. The molecule has 4 heterocycles. The van der Waals surface area contributed by atoms with Gasteiger partial charge >= 0.3 is 12.2 Å².